The molecule has 1 unspecified atom stereocenters. The minimum absolute atomic E-state index is 0.00557. The highest BCUT2D eigenvalue weighted by Crippen LogP contribution is 2.17. The summed E-state index contributed by atoms with van der Waals surface area (Å²) in [5, 5.41) is 4.45. The number of aromatic nitrogens is 4. The van der Waals surface area contributed by atoms with Gasteiger partial charge in [0.1, 0.15) is 11.5 Å². The molecule has 0 saturated heterocycles. The van der Waals surface area contributed by atoms with Crippen molar-refractivity contribution < 1.29 is 4.79 Å². The maximum atomic E-state index is 13.5. The van der Waals surface area contributed by atoms with Crippen LogP contribution in [0.25, 0.3) is 0 Å². The van der Waals surface area contributed by atoms with Gasteiger partial charge in [0.15, 0.2) is 0 Å². The van der Waals surface area contributed by atoms with E-state index < -0.39 is 0 Å². The van der Waals surface area contributed by atoms with Gasteiger partial charge in [-0.25, -0.2) is 4.98 Å². The number of nitrogens with zero attached hydrogens (tertiary/aromatic N) is 5. The first-order valence-corrected chi connectivity index (χ1v) is 9.85. The molecule has 2 heterocycles. The van der Waals surface area contributed by atoms with E-state index in [1.165, 1.54) is 5.56 Å². The second kappa shape index (κ2) is 8.87. The van der Waals surface area contributed by atoms with Crippen LogP contribution in [-0.4, -0.2) is 36.2 Å². The summed E-state index contributed by atoms with van der Waals surface area (Å²) < 4.78 is 3.75. The van der Waals surface area contributed by atoms with Gasteiger partial charge in [-0.15, -0.1) is 0 Å². The molecule has 6 nitrogen and oxygen atoms in total. The molecule has 0 bridgehead atoms. The van der Waals surface area contributed by atoms with Crippen molar-refractivity contribution in [2.45, 2.75) is 52.7 Å². The van der Waals surface area contributed by atoms with Crippen LogP contribution >= 0.6 is 0 Å². The van der Waals surface area contributed by atoms with Crippen LogP contribution in [0.5, 0.6) is 0 Å². The molecule has 0 fully saturated rings. The summed E-state index contributed by atoms with van der Waals surface area (Å²) in [6, 6.07) is 12.4. The zero-order chi connectivity index (χ0) is 20.1. The van der Waals surface area contributed by atoms with Gasteiger partial charge in [0.05, 0.1) is 12.2 Å². The lowest BCUT2D eigenvalue weighted by molar-refractivity contribution is 0.0647. The fourth-order valence-corrected chi connectivity index (χ4v) is 3.41. The Kier molecular flexibility index (Phi) is 6.29. The van der Waals surface area contributed by atoms with Gasteiger partial charge >= 0.3 is 0 Å². The minimum atomic E-state index is 0.00557. The Morgan fingerprint density at radius 2 is 2.00 bits per heavy atom. The van der Waals surface area contributed by atoms with Crippen LogP contribution in [0.1, 0.15) is 47.8 Å². The van der Waals surface area contributed by atoms with E-state index in [-0.39, 0.29) is 11.9 Å². The second-order valence-corrected chi connectivity index (χ2v) is 7.25. The highest BCUT2D eigenvalue weighted by molar-refractivity contribution is 5.92. The van der Waals surface area contributed by atoms with Gasteiger partial charge in [0, 0.05) is 32.0 Å². The Hall–Kier alpha value is -2.89. The number of benzene rings is 1. The standard InChI is InChI=1S/C22H29N5O/c1-5-27-20(15-17(2)24-27)22(28)26(16-21-23-13-14-25(21)4)18(3)11-12-19-9-7-6-8-10-19/h6-10,13-15,18H,5,11-12,16H2,1-4H3. The number of hydrogen-bond acceptors (Lipinski definition) is 3. The Balaban J connectivity index is 1.83. The summed E-state index contributed by atoms with van der Waals surface area (Å²) in [5.74, 6) is 0.880. The summed E-state index contributed by atoms with van der Waals surface area (Å²) in [4.78, 5) is 19.8. The molecule has 3 aromatic rings. The van der Waals surface area contributed by atoms with Gasteiger partial charge in [0.2, 0.25) is 0 Å². The summed E-state index contributed by atoms with van der Waals surface area (Å²) >= 11 is 0. The molecular formula is C22H29N5O. The predicted molar refractivity (Wildman–Crippen MR) is 110 cm³/mol. The Morgan fingerprint density at radius 1 is 1.25 bits per heavy atom. The molecule has 6 heteroatoms. The molecule has 1 amide bonds. The minimum Gasteiger partial charge on any atom is -0.337 e. The predicted octanol–water partition coefficient (Wildman–Crippen LogP) is 3.61. The van der Waals surface area contributed by atoms with Gasteiger partial charge in [-0.3, -0.25) is 9.48 Å². The van der Waals surface area contributed by atoms with Crippen LogP contribution in [0, 0.1) is 6.92 Å². The lowest BCUT2D eigenvalue weighted by atomic mass is 10.0. The summed E-state index contributed by atoms with van der Waals surface area (Å²) in [5.41, 5.74) is 2.79. The largest absolute Gasteiger partial charge is 0.337 e. The van der Waals surface area contributed by atoms with Crippen molar-refractivity contribution in [2.75, 3.05) is 0 Å². The quantitative estimate of drug-likeness (QED) is 0.601. The van der Waals surface area contributed by atoms with Gasteiger partial charge < -0.3 is 9.47 Å². The first kappa shape index (κ1) is 19.9. The molecule has 0 aliphatic carbocycles. The summed E-state index contributed by atoms with van der Waals surface area (Å²) in [6.45, 7) is 7.19. The number of hydrogen-bond donors (Lipinski definition) is 0. The highest BCUT2D eigenvalue weighted by atomic mass is 16.2. The van der Waals surface area contributed by atoms with Gasteiger partial charge in [-0.2, -0.15) is 5.10 Å². The third-order valence-electron chi connectivity index (χ3n) is 5.14. The average molecular weight is 380 g/mol. The van der Waals surface area contributed by atoms with Crippen molar-refractivity contribution in [3.63, 3.8) is 0 Å². The van der Waals surface area contributed by atoms with Crippen molar-refractivity contribution in [3.8, 4) is 0 Å². The first-order valence-electron chi connectivity index (χ1n) is 9.85. The van der Waals surface area contributed by atoms with E-state index in [1.807, 2.05) is 48.7 Å². The lowest BCUT2D eigenvalue weighted by Gasteiger charge is -2.29. The molecule has 3 rings (SSSR count). The maximum Gasteiger partial charge on any atom is 0.272 e. The van der Waals surface area contributed by atoms with E-state index in [2.05, 4.69) is 41.3 Å². The van der Waals surface area contributed by atoms with Crippen LogP contribution in [0.4, 0.5) is 0 Å². The van der Waals surface area contributed by atoms with E-state index >= 15 is 0 Å². The molecule has 28 heavy (non-hydrogen) atoms. The average Bonchev–Trinajstić information content (AvgIpc) is 3.29. The van der Waals surface area contributed by atoms with E-state index in [0.717, 1.165) is 24.4 Å². The van der Waals surface area contributed by atoms with Gasteiger partial charge in [-0.05, 0) is 45.2 Å². The molecule has 0 spiro atoms. The molecule has 2 aromatic heterocycles. The molecule has 0 N–H and O–H groups in total. The summed E-state index contributed by atoms with van der Waals surface area (Å²) in [7, 11) is 1.96. The van der Waals surface area contributed by atoms with Gasteiger partial charge in [0.25, 0.3) is 5.91 Å². The van der Waals surface area contributed by atoms with Crippen molar-refractivity contribution in [1.82, 2.24) is 24.2 Å². The number of aryl methyl sites for hydroxylation is 4. The molecule has 0 saturated carbocycles. The Labute approximate surface area is 166 Å². The van der Waals surface area contributed by atoms with E-state index in [9.17, 15) is 4.79 Å². The molecular weight excluding hydrogens is 350 g/mol. The smallest absolute Gasteiger partial charge is 0.272 e. The SMILES string of the molecule is CCn1nc(C)cc1C(=O)N(Cc1nccn1C)C(C)CCc1ccccc1. The molecule has 1 atom stereocenters. The molecule has 0 aliphatic heterocycles. The van der Waals surface area contributed by atoms with Crippen LogP contribution < -0.4 is 0 Å². The molecule has 0 radical (unpaired) electrons. The van der Waals surface area contributed by atoms with Crippen molar-refractivity contribution in [1.29, 1.82) is 0 Å². The number of carbonyl (C=O) groups excluding carboxylic acids is 1. The number of amides is 1. The Morgan fingerprint density at radius 3 is 2.64 bits per heavy atom. The number of rotatable bonds is 8. The topological polar surface area (TPSA) is 56.0 Å². The van der Waals surface area contributed by atoms with E-state index in [4.69, 9.17) is 0 Å². The van der Waals surface area contributed by atoms with Crippen molar-refractivity contribution >= 4 is 5.91 Å². The monoisotopic (exact) mass is 379 g/mol. The van der Waals surface area contributed by atoms with Crippen LogP contribution in [0.15, 0.2) is 48.8 Å². The number of imidazole rings is 1. The third kappa shape index (κ3) is 4.50. The van der Waals surface area contributed by atoms with Crippen LogP contribution in [-0.2, 0) is 26.6 Å². The number of carbonyl (C=O) groups is 1. The third-order valence-corrected chi connectivity index (χ3v) is 5.14. The van der Waals surface area contributed by atoms with Crippen molar-refractivity contribution in [2.24, 2.45) is 7.05 Å². The van der Waals surface area contributed by atoms with Gasteiger partial charge in [-0.1, -0.05) is 30.3 Å². The zero-order valence-corrected chi connectivity index (χ0v) is 17.2. The fourth-order valence-electron chi connectivity index (χ4n) is 3.41. The van der Waals surface area contributed by atoms with Crippen molar-refractivity contribution in [3.05, 3.63) is 71.6 Å². The first-order chi connectivity index (χ1) is 13.5. The Bertz CT molecular complexity index is 912. The molecule has 1 aromatic carbocycles. The van der Waals surface area contributed by atoms with E-state index in [0.29, 0.717) is 18.8 Å². The fraction of sp³-hybridized carbons (Fsp3) is 0.409. The molecule has 0 aliphatic rings. The highest BCUT2D eigenvalue weighted by Gasteiger charge is 2.26. The van der Waals surface area contributed by atoms with E-state index in [1.54, 1.807) is 10.9 Å². The molecule has 148 valence electrons. The van der Waals surface area contributed by atoms with Crippen LogP contribution in [0.3, 0.4) is 0 Å². The van der Waals surface area contributed by atoms with Crippen LogP contribution in [0.2, 0.25) is 0 Å². The normalized spacial score (nSPS) is 12.1. The summed E-state index contributed by atoms with van der Waals surface area (Å²) in [6.07, 6.45) is 5.50. The second-order valence-electron chi connectivity index (χ2n) is 7.25. The lowest BCUT2D eigenvalue weighted by Crippen LogP contribution is -2.40. The maximum absolute atomic E-state index is 13.5. The zero-order valence-electron chi connectivity index (χ0n) is 17.2.